The molecule has 0 amide bonds. The molecule has 5 heteroatoms. The average molecular weight is 326 g/mol. The summed E-state index contributed by atoms with van der Waals surface area (Å²) in [5.74, 6) is 0.433. The number of rotatable bonds is 5. The third-order valence-corrected chi connectivity index (χ3v) is 4.02. The number of hydrogen-bond donors (Lipinski definition) is 2. The monoisotopic (exact) mass is 325 g/mol. The van der Waals surface area contributed by atoms with Crippen LogP contribution in [0.4, 0.5) is 0 Å². The minimum Gasteiger partial charge on any atom is -0.497 e. The lowest BCUT2D eigenvalue weighted by Crippen LogP contribution is -2.20. The summed E-state index contributed by atoms with van der Waals surface area (Å²) >= 11 is 12.1. The Morgan fingerprint density at radius 2 is 1.81 bits per heavy atom. The van der Waals surface area contributed by atoms with Crippen LogP contribution in [0.5, 0.6) is 5.75 Å². The van der Waals surface area contributed by atoms with Crippen LogP contribution in [0.1, 0.15) is 23.1 Å². The highest BCUT2D eigenvalue weighted by Crippen LogP contribution is 2.35. The van der Waals surface area contributed by atoms with Gasteiger partial charge in [0.1, 0.15) is 5.75 Å². The van der Waals surface area contributed by atoms with Crippen LogP contribution >= 0.6 is 23.2 Å². The zero-order chi connectivity index (χ0) is 15.4. The third-order valence-electron chi connectivity index (χ3n) is 3.45. The molecule has 21 heavy (non-hydrogen) atoms. The van der Waals surface area contributed by atoms with Crippen LogP contribution < -0.4 is 10.5 Å². The smallest absolute Gasteiger partial charge is 0.118 e. The summed E-state index contributed by atoms with van der Waals surface area (Å²) in [5.41, 5.74) is 7.38. The molecule has 0 fully saturated rings. The summed E-state index contributed by atoms with van der Waals surface area (Å²) in [5, 5.41) is 11.6. The molecule has 0 aliphatic carbocycles. The summed E-state index contributed by atoms with van der Waals surface area (Å²) in [6.45, 7) is 0.272. The Kier molecular flexibility index (Phi) is 5.48. The van der Waals surface area contributed by atoms with E-state index in [0.29, 0.717) is 10.0 Å². The van der Waals surface area contributed by atoms with Crippen LogP contribution in [-0.2, 0) is 0 Å². The Labute approximate surface area is 134 Å². The third kappa shape index (κ3) is 3.69. The topological polar surface area (TPSA) is 55.5 Å². The van der Waals surface area contributed by atoms with E-state index >= 15 is 0 Å². The molecule has 0 aliphatic heterocycles. The Balaban J connectivity index is 2.30. The standard InChI is InChI=1S/C16H17Cl2NO2/c1-21-12-5-2-10(3-6-12)16(20)14(9-19)13-7-4-11(17)8-15(13)18/h2-8,14,16,20H,9,19H2,1H3. The van der Waals surface area contributed by atoms with Crippen LogP contribution in [-0.4, -0.2) is 18.8 Å². The molecular formula is C16H17Cl2NO2. The summed E-state index contributed by atoms with van der Waals surface area (Å²) in [6.07, 6.45) is -0.750. The number of benzene rings is 2. The van der Waals surface area contributed by atoms with Gasteiger partial charge in [-0.1, -0.05) is 41.4 Å². The number of methoxy groups -OCH3 is 1. The molecule has 0 heterocycles. The quantitative estimate of drug-likeness (QED) is 0.879. The van der Waals surface area contributed by atoms with Crippen LogP contribution in [0.25, 0.3) is 0 Å². The van der Waals surface area contributed by atoms with Crippen LogP contribution in [0.15, 0.2) is 42.5 Å². The maximum atomic E-state index is 10.6. The number of aliphatic hydroxyl groups excluding tert-OH is 1. The van der Waals surface area contributed by atoms with Crippen molar-refractivity contribution >= 4 is 23.2 Å². The zero-order valence-electron chi connectivity index (χ0n) is 11.6. The summed E-state index contributed by atoms with van der Waals surface area (Å²) < 4.78 is 5.11. The van der Waals surface area contributed by atoms with E-state index in [1.54, 1.807) is 37.4 Å². The first-order valence-corrected chi connectivity index (χ1v) is 7.29. The predicted octanol–water partition coefficient (Wildman–Crippen LogP) is 3.78. The van der Waals surface area contributed by atoms with E-state index in [1.807, 2.05) is 12.1 Å². The van der Waals surface area contributed by atoms with Gasteiger partial charge in [-0.2, -0.15) is 0 Å². The summed E-state index contributed by atoms with van der Waals surface area (Å²) in [4.78, 5) is 0. The van der Waals surface area contributed by atoms with Crippen molar-refractivity contribution in [3.63, 3.8) is 0 Å². The van der Waals surface area contributed by atoms with E-state index in [-0.39, 0.29) is 12.5 Å². The van der Waals surface area contributed by atoms with Gasteiger partial charge >= 0.3 is 0 Å². The second-order valence-corrected chi connectivity index (χ2v) is 5.57. The fraction of sp³-hybridized carbons (Fsp3) is 0.250. The highest BCUT2D eigenvalue weighted by Gasteiger charge is 2.23. The van der Waals surface area contributed by atoms with E-state index in [0.717, 1.165) is 16.9 Å². The number of aliphatic hydroxyl groups is 1. The molecule has 2 unspecified atom stereocenters. The summed E-state index contributed by atoms with van der Waals surface area (Å²) in [6, 6.07) is 12.4. The number of hydrogen-bond acceptors (Lipinski definition) is 3. The van der Waals surface area contributed by atoms with E-state index < -0.39 is 6.10 Å². The number of halogens is 2. The lowest BCUT2D eigenvalue weighted by molar-refractivity contribution is 0.147. The molecule has 2 atom stereocenters. The lowest BCUT2D eigenvalue weighted by Gasteiger charge is -2.23. The van der Waals surface area contributed by atoms with Crippen LogP contribution in [0.3, 0.4) is 0 Å². The fourth-order valence-corrected chi connectivity index (χ4v) is 2.81. The van der Waals surface area contributed by atoms with Crippen molar-refractivity contribution in [3.05, 3.63) is 63.6 Å². The van der Waals surface area contributed by atoms with Crippen LogP contribution in [0, 0.1) is 0 Å². The minimum atomic E-state index is -0.750. The predicted molar refractivity (Wildman–Crippen MR) is 86.2 cm³/mol. The van der Waals surface area contributed by atoms with E-state index in [2.05, 4.69) is 0 Å². The fourth-order valence-electron chi connectivity index (χ4n) is 2.26. The van der Waals surface area contributed by atoms with Gasteiger partial charge in [0.2, 0.25) is 0 Å². The molecule has 0 aliphatic rings. The maximum absolute atomic E-state index is 10.6. The molecule has 0 saturated carbocycles. The van der Waals surface area contributed by atoms with Crippen molar-refractivity contribution in [1.29, 1.82) is 0 Å². The second-order valence-electron chi connectivity index (χ2n) is 4.73. The van der Waals surface area contributed by atoms with Crippen molar-refractivity contribution in [2.24, 2.45) is 5.73 Å². The molecule has 0 saturated heterocycles. The highest BCUT2D eigenvalue weighted by atomic mass is 35.5. The Morgan fingerprint density at radius 3 is 2.33 bits per heavy atom. The van der Waals surface area contributed by atoms with E-state index in [1.165, 1.54) is 0 Å². The highest BCUT2D eigenvalue weighted by molar-refractivity contribution is 6.35. The number of ether oxygens (including phenoxy) is 1. The Bertz CT molecular complexity index is 602. The van der Waals surface area contributed by atoms with Gasteiger partial charge in [-0.3, -0.25) is 0 Å². The van der Waals surface area contributed by atoms with Gasteiger partial charge in [0.15, 0.2) is 0 Å². The summed E-state index contributed by atoms with van der Waals surface area (Å²) in [7, 11) is 1.60. The minimum absolute atomic E-state index is 0.272. The first-order chi connectivity index (χ1) is 10.1. The first kappa shape index (κ1) is 16.1. The molecule has 2 aromatic carbocycles. The number of nitrogens with two attached hydrogens (primary N) is 1. The molecule has 3 N–H and O–H groups in total. The first-order valence-electron chi connectivity index (χ1n) is 6.54. The van der Waals surface area contributed by atoms with Crippen molar-refractivity contribution in [3.8, 4) is 5.75 Å². The van der Waals surface area contributed by atoms with Crippen molar-refractivity contribution in [2.45, 2.75) is 12.0 Å². The lowest BCUT2D eigenvalue weighted by atomic mass is 9.89. The molecule has 0 radical (unpaired) electrons. The Morgan fingerprint density at radius 1 is 1.14 bits per heavy atom. The van der Waals surface area contributed by atoms with Gasteiger partial charge in [-0.15, -0.1) is 0 Å². The molecule has 112 valence electrons. The van der Waals surface area contributed by atoms with E-state index in [4.69, 9.17) is 33.7 Å². The van der Waals surface area contributed by atoms with Gasteiger partial charge in [-0.05, 0) is 35.4 Å². The molecule has 0 spiro atoms. The zero-order valence-corrected chi connectivity index (χ0v) is 13.1. The van der Waals surface area contributed by atoms with Gasteiger partial charge in [0, 0.05) is 22.5 Å². The molecule has 0 bridgehead atoms. The van der Waals surface area contributed by atoms with Gasteiger partial charge in [-0.25, -0.2) is 0 Å². The molecule has 3 nitrogen and oxygen atoms in total. The second kappa shape index (κ2) is 7.14. The van der Waals surface area contributed by atoms with Crippen molar-refractivity contribution in [2.75, 3.05) is 13.7 Å². The Hall–Kier alpha value is -1.26. The van der Waals surface area contributed by atoms with Crippen molar-refractivity contribution < 1.29 is 9.84 Å². The largest absolute Gasteiger partial charge is 0.497 e. The van der Waals surface area contributed by atoms with Gasteiger partial charge in [0.05, 0.1) is 13.2 Å². The average Bonchev–Trinajstić information content (AvgIpc) is 2.50. The molecule has 2 aromatic rings. The van der Waals surface area contributed by atoms with Crippen LogP contribution in [0.2, 0.25) is 10.0 Å². The molecular weight excluding hydrogens is 309 g/mol. The van der Waals surface area contributed by atoms with Gasteiger partial charge < -0.3 is 15.6 Å². The molecule has 0 aromatic heterocycles. The van der Waals surface area contributed by atoms with Gasteiger partial charge in [0.25, 0.3) is 0 Å². The maximum Gasteiger partial charge on any atom is 0.118 e. The normalized spacial score (nSPS) is 13.8. The van der Waals surface area contributed by atoms with E-state index in [9.17, 15) is 5.11 Å². The molecule has 2 rings (SSSR count). The SMILES string of the molecule is COc1ccc(C(O)C(CN)c2ccc(Cl)cc2Cl)cc1. The van der Waals surface area contributed by atoms with Crippen molar-refractivity contribution in [1.82, 2.24) is 0 Å².